The van der Waals surface area contributed by atoms with E-state index in [4.69, 9.17) is 0 Å². The average molecular weight is 721 g/mol. The summed E-state index contributed by atoms with van der Waals surface area (Å²) in [6, 6.07) is 16.4. The number of allylic oxidation sites excluding steroid dienone is 7. The van der Waals surface area contributed by atoms with Gasteiger partial charge in [0.2, 0.25) is 0 Å². The molecule has 0 amide bonds. The normalized spacial score (nSPS) is 19.6. The van der Waals surface area contributed by atoms with Gasteiger partial charge in [-0.05, 0) is 148 Å². The molecule has 2 aromatic carbocycles. The number of hydrogen-bond donors (Lipinski definition) is 0. The summed E-state index contributed by atoms with van der Waals surface area (Å²) in [6.45, 7) is 40.9. The Morgan fingerprint density at radius 3 is 1.91 bits per heavy atom. The standard InChI is InChI=1S/C34H48.C15H24.2C2H6/c1-8-28-10-12-29(13-11-28)14-21-34(27(7)22-25(5)24(3)4)32-18-16-31(17-19-32)33-20-15-30(9-2)26(6)23-33;1-6-12(3)14(5)10-15-9-11(2)7-8-13(15)4;2*1-2/h15-20,23,27-29,34H,3,5,8-14,21-22H2,1-2,4,6-7H3;10-11H,3,6-9H2,1-2,4-5H3;2*1-2H3/b;14-10-;;/t27?,28?,29?,34-;11-;;/m00../s1. The second-order valence-corrected chi connectivity index (χ2v) is 16.1. The molecule has 0 radical (unpaired) electrons. The van der Waals surface area contributed by atoms with Crippen LogP contribution in [0.3, 0.4) is 0 Å². The molecule has 296 valence electrons. The molecule has 2 aromatic rings. The van der Waals surface area contributed by atoms with Crippen LogP contribution in [0.5, 0.6) is 0 Å². The first-order valence-electron chi connectivity index (χ1n) is 21.9. The monoisotopic (exact) mass is 721 g/mol. The van der Waals surface area contributed by atoms with E-state index in [2.05, 4.69) is 131 Å². The molecule has 1 fully saturated rings. The molecule has 3 atom stereocenters. The highest BCUT2D eigenvalue weighted by atomic mass is 14.3. The van der Waals surface area contributed by atoms with E-state index in [1.807, 2.05) is 27.7 Å². The van der Waals surface area contributed by atoms with Crippen LogP contribution in [0.2, 0.25) is 0 Å². The predicted molar refractivity (Wildman–Crippen MR) is 243 cm³/mol. The zero-order chi connectivity index (χ0) is 40.1. The molecule has 0 heterocycles. The summed E-state index contributed by atoms with van der Waals surface area (Å²) >= 11 is 0. The molecule has 0 heteroatoms. The first-order valence-corrected chi connectivity index (χ1v) is 21.9. The van der Waals surface area contributed by atoms with Gasteiger partial charge in [-0.3, -0.25) is 0 Å². The molecule has 0 nitrogen and oxygen atoms in total. The molecule has 2 aliphatic carbocycles. The van der Waals surface area contributed by atoms with Crippen molar-refractivity contribution in [1.29, 1.82) is 0 Å². The van der Waals surface area contributed by atoms with Gasteiger partial charge in [-0.15, -0.1) is 0 Å². The zero-order valence-electron chi connectivity index (χ0n) is 37.3. The smallest absolute Gasteiger partial charge is 0.0133 e. The second kappa shape index (κ2) is 26.0. The predicted octanol–water partition coefficient (Wildman–Crippen LogP) is 17.6. The molecule has 2 aliphatic rings. The van der Waals surface area contributed by atoms with Crippen molar-refractivity contribution in [2.45, 2.75) is 179 Å². The minimum Gasteiger partial charge on any atom is -0.0959 e. The fraction of sp³-hybridized carbons (Fsp3) is 0.585. The van der Waals surface area contributed by atoms with E-state index in [1.165, 1.54) is 109 Å². The second-order valence-electron chi connectivity index (χ2n) is 16.1. The van der Waals surface area contributed by atoms with Crippen molar-refractivity contribution in [1.82, 2.24) is 0 Å². The van der Waals surface area contributed by atoms with Gasteiger partial charge in [0.25, 0.3) is 0 Å². The maximum absolute atomic E-state index is 4.31. The zero-order valence-corrected chi connectivity index (χ0v) is 37.3. The summed E-state index contributed by atoms with van der Waals surface area (Å²) in [5, 5.41) is 0. The first-order chi connectivity index (χ1) is 25.4. The molecule has 53 heavy (non-hydrogen) atoms. The molecule has 0 spiro atoms. The first kappa shape index (κ1) is 48.2. The lowest BCUT2D eigenvalue weighted by Crippen LogP contribution is -2.17. The third-order valence-corrected chi connectivity index (χ3v) is 12.2. The van der Waals surface area contributed by atoms with Crippen molar-refractivity contribution >= 4 is 0 Å². The maximum Gasteiger partial charge on any atom is -0.0133 e. The van der Waals surface area contributed by atoms with Crippen LogP contribution in [-0.2, 0) is 6.42 Å². The topological polar surface area (TPSA) is 0 Å². The molecule has 0 aromatic heterocycles. The van der Waals surface area contributed by atoms with Gasteiger partial charge in [-0.2, -0.15) is 0 Å². The summed E-state index contributed by atoms with van der Waals surface area (Å²) in [6.07, 6.45) is 19.2. The molecule has 4 rings (SSSR count). The molecule has 1 unspecified atom stereocenters. The van der Waals surface area contributed by atoms with Crippen molar-refractivity contribution in [3.05, 3.63) is 118 Å². The minimum atomic E-state index is 0.577. The summed E-state index contributed by atoms with van der Waals surface area (Å²) < 4.78 is 0. The van der Waals surface area contributed by atoms with E-state index in [-0.39, 0.29) is 0 Å². The number of hydrogen-bond acceptors (Lipinski definition) is 0. The summed E-state index contributed by atoms with van der Waals surface area (Å²) in [5.41, 5.74) is 15.1. The van der Waals surface area contributed by atoms with Crippen LogP contribution < -0.4 is 0 Å². The Kier molecular flexibility index (Phi) is 23.7. The Morgan fingerprint density at radius 1 is 0.792 bits per heavy atom. The number of aryl methyl sites for hydroxylation is 2. The van der Waals surface area contributed by atoms with E-state index in [0.29, 0.717) is 11.8 Å². The van der Waals surface area contributed by atoms with Gasteiger partial charge < -0.3 is 0 Å². The molecule has 0 bridgehead atoms. The largest absolute Gasteiger partial charge is 0.0959 e. The Morgan fingerprint density at radius 2 is 1.38 bits per heavy atom. The van der Waals surface area contributed by atoms with Crippen LogP contribution in [0, 0.1) is 30.6 Å². The molecule has 0 N–H and O–H groups in total. The van der Waals surface area contributed by atoms with Crippen LogP contribution in [0.4, 0.5) is 0 Å². The number of rotatable bonds is 14. The highest BCUT2D eigenvalue weighted by molar-refractivity contribution is 5.65. The number of benzene rings is 2. The lowest BCUT2D eigenvalue weighted by atomic mass is 9.74. The molecule has 1 saturated carbocycles. The van der Waals surface area contributed by atoms with Crippen LogP contribution in [0.1, 0.15) is 183 Å². The van der Waals surface area contributed by atoms with Gasteiger partial charge in [0, 0.05) is 0 Å². The van der Waals surface area contributed by atoms with E-state index in [1.54, 1.807) is 11.1 Å². The lowest BCUT2D eigenvalue weighted by molar-refractivity contribution is 0.245. The third kappa shape index (κ3) is 16.2. The summed E-state index contributed by atoms with van der Waals surface area (Å²) in [7, 11) is 0. The lowest BCUT2D eigenvalue weighted by Gasteiger charge is -2.31. The highest BCUT2D eigenvalue weighted by Gasteiger charge is 2.25. The Balaban J connectivity index is 0.000000617. The Bertz CT molecular complexity index is 1430. The average Bonchev–Trinajstić information content (AvgIpc) is 3.18. The van der Waals surface area contributed by atoms with Gasteiger partial charge in [0.15, 0.2) is 0 Å². The fourth-order valence-corrected chi connectivity index (χ4v) is 8.12. The maximum atomic E-state index is 4.31. The van der Waals surface area contributed by atoms with Crippen LogP contribution in [-0.4, -0.2) is 0 Å². The van der Waals surface area contributed by atoms with Crippen LogP contribution >= 0.6 is 0 Å². The minimum absolute atomic E-state index is 0.577. The van der Waals surface area contributed by atoms with Crippen LogP contribution in [0.15, 0.2) is 102 Å². The SMILES string of the molecule is C=C(C)C(=C)CC(C)[C@H](CCC1CCC(CC)CC1)c1ccc(-c2ccc(CC)c(C)c2)cc1.C=C(CC)/C(C)=C\C1=C(C)CC[C@H](C)C1.CC.CC. The van der Waals surface area contributed by atoms with Gasteiger partial charge in [0.05, 0.1) is 0 Å². The molecular weight excluding hydrogens is 637 g/mol. The van der Waals surface area contributed by atoms with Gasteiger partial charge in [0.1, 0.15) is 0 Å². The van der Waals surface area contributed by atoms with E-state index < -0.39 is 0 Å². The van der Waals surface area contributed by atoms with Gasteiger partial charge in [-0.25, -0.2) is 0 Å². The highest BCUT2D eigenvalue weighted by Crippen LogP contribution is 2.40. The van der Waals surface area contributed by atoms with Crippen molar-refractivity contribution < 1.29 is 0 Å². The fourth-order valence-electron chi connectivity index (χ4n) is 8.12. The summed E-state index contributed by atoms with van der Waals surface area (Å²) in [4.78, 5) is 0. The van der Waals surface area contributed by atoms with Gasteiger partial charge >= 0.3 is 0 Å². The van der Waals surface area contributed by atoms with E-state index in [0.717, 1.165) is 42.6 Å². The van der Waals surface area contributed by atoms with Crippen molar-refractivity contribution in [2.24, 2.45) is 23.7 Å². The molecular formula is C53H84. The summed E-state index contributed by atoms with van der Waals surface area (Å²) in [5.74, 6) is 3.91. The Hall–Kier alpha value is -2.86. The van der Waals surface area contributed by atoms with Crippen LogP contribution in [0.25, 0.3) is 11.1 Å². The van der Waals surface area contributed by atoms with E-state index in [9.17, 15) is 0 Å². The Labute approximate surface area is 331 Å². The molecule has 0 saturated heterocycles. The van der Waals surface area contributed by atoms with E-state index >= 15 is 0 Å². The van der Waals surface area contributed by atoms with Crippen molar-refractivity contribution in [3.63, 3.8) is 0 Å². The van der Waals surface area contributed by atoms with Crippen molar-refractivity contribution in [2.75, 3.05) is 0 Å². The quantitative estimate of drug-likeness (QED) is 0.170. The van der Waals surface area contributed by atoms with Crippen molar-refractivity contribution in [3.8, 4) is 11.1 Å². The van der Waals surface area contributed by atoms with Gasteiger partial charge in [-0.1, -0.05) is 185 Å². The molecule has 0 aliphatic heterocycles. The third-order valence-electron chi connectivity index (χ3n) is 12.2.